The molecule has 2 aliphatic rings. The smallest absolute Gasteiger partial charge is 0.314 e. The summed E-state index contributed by atoms with van der Waals surface area (Å²) in [5, 5.41) is 53.4. The standard InChI is InChI=1S/C35H44ClN3O8S/c36-28-10-9-24(48-16-4-3-14-38-34(45)39-19-29(41)32(43)33(44)30(42)20-40)17-22(28)21-46-35(12-13-35)27-18-37-15-11-25(27)26-5-1-2-6-31(26)47-23-7-8-23/h1-2,5-6,9-11,15,17-18,23,29-30,32-33,40-44H,3-4,7-8,12-14,16,19-21H2,(H2,38,39,45). The van der Waals surface area contributed by atoms with Gasteiger partial charge in [-0.3, -0.25) is 4.98 Å². The maximum absolute atomic E-state index is 12.0. The largest absolute Gasteiger partial charge is 0.490 e. The van der Waals surface area contributed by atoms with Crippen molar-refractivity contribution < 1.29 is 39.8 Å². The van der Waals surface area contributed by atoms with Crippen LogP contribution in [0.1, 0.15) is 49.7 Å². The Kier molecular flexibility index (Phi) is 13.0. The van der Waals surface area contributed by atoms with Crippen molar-refractivity contribution in [2.24, 2.45) is 0 Å². The third kappa shape index (κ3) is 9.82. The second-order valence-electron chi connectivity index (χ2n) is 12.3. The molecule has 7 N–H and O–H groups in total. The van der Waals surface area contributed by atoms with Crippen LogP contribution >= 0.6 is 23.4 Å². The Balaban J connectivity index is 1.06. The van der Waals surface area contributed by atoms with Gasteiger partial charge in [0.2, 0.25) is 0 Å². The number of urea groups is 1. The van der Waals surface area contributed by atoms with Gasteiger partial charge in [-0.1, -0.05) is 29.8 Å². The molecule has 2 amide bonds. The van der Waals surface area contributed by atoms with Gasteiger partial charge in [0.05, 0.1) is 31.0 Å². The molecule has 48 heavy (non-hydrogen) atoms. The summed E-state index contributed by atoms with van der Waals surface area (Å²) in [6.07, 6.45) is 2.97. The van der Waals surface area contributed by atoms with Crippen LogP contribution in [0.5, 0.6) is 5.75 Å². The summed E-state index contributed by atoms with van der Waals surface area (Å²) in [7, 11) is 0. The molecule has 0 bridgehead atoms. The molecular formula is C35H44ClN3O8S. The molecule has 2 fully saturated rings. The van der Waals surface area contributed by atoms with Crippen LogP contribution in [0, 0.1) is 0 Å². The SMILES string of the molecule is O=C(NCCCCSc1ccc(Cl)c(COC2(c3cnccc3-c3ccccc3OC3CC3)CC2)c1)NCC(O)C(O)C(O)C(O)CO. The highest BCUT2D eigenvalue weighted by Gasteiger charge is 2.48. The van der Waals surface area contributed by atoms with Gasteiger partial charge in [0.1, 0.15) is 24.1 Å². The second kappa shape index (κ2) is 17.1. The first-order chi connectivity index (χ1) is 23.2. The van der Waals surface area contributed by atoms with Gasteiger partial charge in [-0.15, -0.1) is 11.8 Å². The number of hydrogen-bond donors (Lipinski definition) is 7. The lowest BCUT2D eigenvalue weighted by molar-refractivity contribution is -0.113. The Morgan fingerprint density at radius 3 is 2.52 bits per heavy atom. The average molecular weight is 702 g/mol. The highest BCUT2D eigenvalue weighted by molar-refractivity contribution is 7.99. The molecule has 0 saturated heterocycles. The fourth-order valence-corrected chi connectivity index (χ4v) is 6.43. The number of benzene rings is 2. The number of thioether (sulfide) groups is 1. The third-order valence-corrected chi connectivity index (χ3v) is 9.90. The molecule has 260 valence electrons. The van der Waals surface area contributed by atoms with Gasteiger partial charge < -0.3 is 45.6 Å². The molecule has 5 rings (SSSR count). The summed E-state index contributed by atoms with van der Waals surface area (Å²) in [4.78, 5) is 17.5. The molecule has 1 heterocycles. The normalized spacial score (nSPS) is 17.6. The lowest BCUT2D eigenvalue weighted by Crippen LogP contribution is -2.50. The first-order valence-electron chi connectivity index (χ1n) is 16.3. The zero-order chi connectivity index (χ0) is 34.1. The zero-order valence-electron chi connectivity index (χ0n) is 26.6. The van der Waals surface area contributed by atoms with Crippen LogP contribution in [-0.4, -0.2) is 92.5 Å². The highest BCUT2D eigenvalue weighted by atomic mass is 35.5. The van der Waals surface area contributed by atoms with Crippen molar-refractivity contribution in [3.8, 4) is 16.9 Å². The van der Waals surface area contributed by atoms with Gasteiger partial charge in [-0.2, -0.15) is 0 Å². The zero-order valence-corrected chi connectivity index (χ0v) is 28.2. The minimum atomic E-state index is -1.74. The minimum absolute atomic E-state index is 0.296. The number of amides is 2. The van der Waals surface area contributed by atoms with Crippen LogP contribution in [0.3, 0.4) is 0 Å². The predicted octanol–water partition coefficient (Wildman–Crippen LogP) is 3.76. The third-order valence-electron chi connectivity index (χ3n) is 8.46. The van der Waals surface area contributed by atoms with Crippen LogP contribution in [-0.2, 0) is 16.9 Å². The van der Waals surface area contributed by atoms with Crippen LogP contribution < -0.4 is 15.4 Å². The van der Waals surface area contributed by atoms with Crippen LogP contribution in [0.15, 0.2) is 65.8 Å². The lowest BCUT2D eigenvalue weighted by atomic mass is 9.96. The lowest BCUT2D eigenvalue weighted by Gasteiger charge is -2.25. The molecule has 0 radical (unpaired) electrons. The summed E-state index contributed by atoms with van der Waals surface area (Å²) in [5.74, 6) is 1.72. The van der Waals surface area contributed by atoms with Crippen LogP contribution in [0.2, 0.25) is 5.02 Å². The molecule has 3 aromatic rings. The Hall–Kier alpha value is -2.94. The number of pyridine rings is 1. The van der Waals surface area contributed by atoms with Gasteiger partial charge in [0.15, 0.2) is 0 Å². The number of aromatic nitrogens is 1. The van der Waals surface area contributed by atoms with E-state index in [2.05, 4.69) is 27.8 Å². The maximum atomic E-state index is 12.0. The topological polar surface area (TPSA) is 174 Å². The Morgan fingerprint density at radius 2 is 1.77 bits per heavy atom. The molecule has 2 aromatic carbocycles. The molecule has 1 aromatic heterocycles. The highest BCUT2D eigenvalue weighted by Crippen LogP contribution is 2.53. The molecule has 2 aliphatic carbocycles. The average Bonchev–Trinajstić information content (AvgIpc) is 4.05. The molecule has 13 heteroatoms. The monoisotopic (exact) mass is 701 g/mol. The number of nitrogens with zero attached hydrogens (tertiary/aromatic N) is 1. The summed E-state index contributed by atoms with van der Waals surface area (Å²) in [5.41, 5.74) is 3.68. The number of rotatable bonds is 19. The van der Waals surface area contributed by atoms with Crippen molar-refractivity contribution in [2.45, 2.75) is 86.1 Å². The molecular weight excluding hydrogens is 658 g/mol. The number of aliphatic hydroxyl groups excluding tert-OH is 5. The number of carbonyl (C=O) groups excluding carboxylic acids is 1. The summed E-state index contributed by atoms with van der Waals surface area (Å²) in [6, 6.07) is 15.6. The summed E-state index contributed by atoms with van der Waals surface area (Å²) >= 11 is 8.29. The molecule has 4 atom stereocenters. The summed E-state index contributed by atoms with van der Waals surface area (Å²) < 4.78 is 12.8. The van der Waals surface area contributed by atoms with E-state index in [0.29, 0.717) is 24.3 Å². The summed E-state index contributed by atoms with van der Waals surface area (Å²) in [6.45, 7) is -0.333. The van der Waals surface area contributed by atoms with Crippen molar-refractivity contribution in [3.05, 3.63) is 77.1 Å². The Labute approximate surface area is 289 Å². The van der Waals surface area contributed by atoms with Crippen LogP contribution in [0.4, 0.5) is 4.79 Å². The van der Waals surface area contributed by atoms with Gasteiger partial charge in [0.25, 0.3) is 0 Å². The van der Waals surface area contributed by atoms with Crippen molar-refractivity contribution >= 4 is 29.4 Å². The minimum Gasteiger partial charge on any atom is -0.490 e. The molecule has 11 nitrogen and oxygen atoms in total. The van der Waals surface area contributed by atoms with Crippen molar-refractivity contribution in [3.63, 3.8) is 0 Å². The van der Waals surface area contributed by atoms with Gasteiger partial charge in [-0.25, -0.2) is 4.79 Å². The number of ether oxygens (including phenoxy) is 2. The number of para-hydroxylation sites is 1. The van der Waals surface area contributed by atoms with E-state index < -0.39 is 42.7 Å². The molecule has 4 unspecified atom stereocenters. The Morgan fingerprint density at radius 1 is 1.00 bits per heavy atom. The number of unbranched alkanes of at least 4 members (excludes halogenated alkanes) is 1. The number of nitrogens with one attached hydrogen (secondary N) is 2. The molecule has 0 aliphatic heterocycles. The van der Waals surface area contributed by atoms with Crippen molar-refractivity contribution in [2.75, 3.05) is 25.4 Å². The number of aliphatic hydroxyl groups is 5. The van der Waals surface area contributed by atoms with Gasteiger partial charge in [0, 0.05) is 46.5 Å². The van der Waals surface area contributed by atoms with Crippen molar-refractivity contribution in [1.82, 2.24) is 15.6 Å². The number of hydrogen-bond acceptors (Lipinski definition) is 10. The fourth-order valence-electron chi connectivity index (χ4n) is 5.28. The predicted molar refractivity (Wildman–Crippen MR) is 183 cm³/mol. The number of halogens is 1. The van der Waals surface area contributed by atoms with E-state index in [0.717, 1.165) is 77.2 Å². The van der Waals surface area contributed by atoms with E-state index in [1.54, 1.807) is 11.8 Å². The van der Waals surface area contributed by atoms with E-state index in [-0.39, 0.29) is 6.54 Å². The fraction of sp³-hybridized carbons (Fsp3) is 0.486. The van der Waals surface area contributed by atoms with E-state index in [4.69, 9.17) is 26.2 Å². The first kappa shape index (κ1) is 36.3. The van der Waals surface area contributed by atoms with Gasteiger partial charge in [-0.05, 0) is 85.7 Å². The van der Waals surface area contributed by atoms with E-state index in [1.165, 1.54) is 0 Å². The Bertz CT molecular complexity index is 1510. The first-order valence-corrected chi connectivity index (χ1v) is 17.7. The number of carbonyl (C=O) groups is 1. The van der Waals surface area contributed by atoms with Crippen LogP contribution in [0.25, 0.3) is 11.1 Å². The van der Waals surface area contributed by atoms with Gasteiger partial charge >= 0.3 is 6.03 Å². The van der Waals surface area contributed by atoms with E-state index in [9.17, 15) is 25.2 Å². The van der Waals surface area contributed by atoms with Crippen molar-refractivity contribution in [1.29, 1.82) is 0 Å². The maximum Gasteiger partial charge on any atom is 0.314 e. The molecule has 2 saturated carbocycles. The quantitative estimate of drug-likeness (QED) is 0.0721. The van der Waals surface area contributed by atoms with E-state index in [1.807, 2.05) is 48.8 Å². The molecule has 0 spiro atoms. The second-order valence-corrected chi connectivity index (χ2v) is 13.8. The van der Waals surface area contributed by atoms with E-state index >= 15 is 0 Å².